The molecule has 20 heavy (non-hydrogen) atoms. The molecular weight excluding hydrogens is 246 g/mol. The first-order valence-electron chi connectivity index (χ1n) is 7.15. The van der Waals surface area contributed by atoms with Crippen LogP contribution in [0.25, 0.3) is 16.6 Å². The predicted octanol–water partition coefficient (Wildman–Crippen LogP) is 4.30. The van der Waals surface area contributed by atoms with Crippen molar-refractivity contribution < 1.29 is 0 Å². The fourth-order valence-electron chi connectivity index (χ4n) is 2.56. The van der Waals surface area contributed by atoms with Crippen molar-refractivity contribution in [2.75, 3.05) is 0 Å². The number of rotatable bonds is 1. The SMILES string of the molecule is CC(C)c1ccc2c(c1)nc(C(C)(C)C)n1ccnc21. The van der Waals surface area contributed by atoms with Crippen molar-refractivity contribution in [3.63, 3.8) is 0 Å². The van der Waals surface area contributed by atoms with Crippen molar-refractivity contribution in [2.45, 2.75) is 46.0 Å². The Morgan fingerprint density at radius 3 is 2.55 bits per heavy atom. The van der Waals surface area contributed by atoms with Crippen LogP contribution in [0.5, 0.6) is 0 Å². The van der Waals surface area contributed by atoms with Crippen molar-refractivity contribution >= 4 is 16.6 Å². The molecule has 3 rings (SSSR count). The van der Waals surface area contributed by atoms with Crippen LogP contribution in [0.15, 0.2) is 30.6 Å². The largest absolute Gasteiger partial charge is 0.287 e. The maximum atomic E-state index is 4.91. The Kier molecular flexibility index (Phi) is 2.82. The maximum absolute atomic E-state index is 4.91. The van der Waals surface area contributed by atoms with Crippen LogP contribution >= 0.6 is 0 Å². The third kappa shape index (κ3) is 1.98. The summed E-state index contributed by atoms with van der Waals surface area (Å²) in [5, 5.41) is 1.12. The van der Waals surface area contributed by atoms with Gasteiger partial charge in [-0.05, 0) is 23.6 Å². The van der Waals surface area contributed by atoms with E-state index in [2.05, 4.69) is 62.2 Å². The van der Waals surface area contributed by atoms with E-state index < -0.39 is 0 Å². The second-order valence-corrected chi connectivity index (χ2v) is 6.74. The van der Waals surface area contributed by atoms with Gasteiger partial charge in [0.2, 0.25) is 0 Å². The fourth-order valence-corrected chi connectivity index (χ4v) is 2.56. The highest BCUT2D eigenvalue weighted by Crippen LogP contribution is 2.28. The summed E-state index contributed by atoms with van der Waals surface area (Å²) in [5.41, 5.74) is 3.34. The highest BCUT2D eigenvalue weighted by molar-refractivity contribution is 5.92. The average Bonchev–Trinajstić information content (AvgIpc) is 2.84. The van der Waals surface area contributed by atoms with Crippen molar-refractivity contribution in [2.24, 2.45) is 0 Å². The smallest absolute Gasteiger partial charge is 0.147 e. The molecule has 0 aliphatic heterocycles. The van der Waals surface area contributed by atoms with Gasteiger partial charge in [0.25, 0.3) is 0 Å². The normalized spacial score (nSPS) is 12.7. The zero-order valence-corrected chi connectivity index (χ0v) is 12.8. The molecule has 0 aliphatic carbocycles. The summed E-state index contributed by atoms with van der Waals surface area (Å²) in [5.74, 6) is 1.56. The molecule has 0 amide bonds. The van der Waals surface area contributed by atoms with Gasteiger partial charge < -0.3 is 0 Å². The zero-order chi connectivity index (χ0) is 14.5. The summed E-state index contributed by atoms with van der Waals surface area (Å²) in [7, 11) is 0. The molecule has 0 atom stereocenters. The first kappa shape index (κ1) is 13.1. The Labute approximate surface area is 119 Å². The second kappa shape index (κ2) is 4.30. The van der Waals surface area contributed by atoms with Crippen LogP contribution in [0.1, 0.15) is 51.9 Å². The van der Waals surface area contributed by atoms with Crippen LogP contribution in [0, 0.1) is 0 Å². The van der Waals surface area contributed by atoms with E-state index in [4.69, 9.17) is 4.98 Å². The van der Waals surface area contributed by atoms with Crippen molar-refractivity contribution in [3.05, 3.63) is 42.0 Å². The molecule has 0 saturated carbocycles. The molecule has 2 aromatic heterocycles. The second-order valence-electron chi connectivity index (χ2n) is 6.74. The maximum Gasteiger partial charge on any atom is 0.147 e. The van der Waals surface area contributed by atoms with Crippen LogP contribution < -0.4 is 0 Å². The molecule has 0 fully saturated rings. The summed E-state index contributed by atoms with van der Waals surface area (Å²) < 4.78 is 2.11. The van der Waals surface area contributed by atoms with E-state index >= 15 is 0 Å². The molecule has 0 N–H and O–H groups in total. The van der Waals surface area contributed by atoms with E-state index in [9.17, 15) is 0 Å². The third-order valence-corrected chi connectivity index (χ3v) is 3.70. The van der Waals surface area contributed by atoms with Crippen LogP contribution in [-0.2, 0) is 5.41 Å². The minimum Gasteiger partial charge on any atom is -0.287 e. The number of hydrogen-bond acceptors (Lipinski definition) is 2. The lowest BCUT2D eigenvalue weighted by Gasteiger charge is -2.20. The molecular formula is C17H21N3. The third-order valence-electron chi connectivity index (χ3n) is 3.70. The molecule has 3 nitrogen and oxygen atoms in total. The summed E-state index contributed by atoms with van der Waals surface area (Å²) >= 11 is 0. The number of imidazole rings is 1. The van der Waals surface area contributed by atoms with Crippen LogP contribution in [0.3, 0.4) is 0 Å². The van der Waals surface area contributed by atoms with Crippen LogP contribution in [-0.4, -0.2) is 14.4 Å². The minimum atomic E-state index is -0.0129. The first-order chi connectivity index (χ1) is 9.38. The lowest BCUT2D eigenvalue weighted by molar-refractivity contribution is 0.539. The van der Waals surface area contributed by atoms with Crippen molar-refractivity contribution in [1.82, 2.24) is 14.4 Å². The van der Waals surface area contributed by atoms with E-state index in [-0.39, 0.29) is 5.41 Å². The van der Waals surface area contributed by atoms with Crippen molar-refractivity contribution in [1.29, 1.82) is 0 Å². The van der Waals surface area contributed by atoms with Gasteiger partial charge in [-0.2, -0.15) is 0 Å². The molecule has 3 heteroatoms. The van der Waals surface area contributed by atoms with Gasteiger partial charge in [0.05, 0.1) is 5.52 Å². The Hall–Kier alpha value is -1.90. The Morgan fingerprint density at radius 2 is 1.90 bits per heavy atom. The number of fused-ring (bicyclic) bond motifs is 3. The lowest BCUT2D eigenvalue weighted by atomic mass is 9.95. The standard InChI is InChI=1S/C17H21N3/c1-11(2)12-6-7-13-14(10-12)19-16(17(3,4)5)20-9-8-18-15(13)20/h6-11H,1-5H3. The zero-order valence-electron chi connectivity index (χ0n) is 12.8. The average molecular weight is 267 g/mol. The molecule has 0 unspecified atom stereocenters. The number of nitrogens with zero attached hydrogens (tertiary/aromatic N) is 3. The molecule has 0 saturated heterocycles. The van der Waals surface area contributed by atoms with E-state index in [0.717, 1.165) is 22.4 Å². The van der Waals surface area contributed by atoms with Gasteiger partial charge >= 0.3 is 0 Å². The highest BCUT2D eigenvalue weighted by Gasteiger charge is 2.21. The number of hydrogen-bond donors (Lipinski definition) is 0. The van der Waals surface area contributed by atoms with Gasteiger partial charge in [-0.1, -0.05) is 40.7 Å². The Morgan fingerprint density at radius 1 is 1.15 bits per heavy atom. The Bertz CT molecular complexity index is 776. The van der Waals surface area contributed by atoms with E-state index in [1.807, 2.05) is 12.4 Å². The fraction of sp³-hybridized carbons (Fsp3) is 0.412. The van der Waals surface area contributed by atoms with Crippen LogP contribution in [0.4, 0.5) is 0 Å². The van der Waals surface area contributed by atoms with Gasteiger partial charge in [-0.25, -0.2) is 9.97 Å². The molecule has 3 aromatic rings. The lowest BCUT2D eigenvalue weighted by Crippen LogP contribution is -2.18. The molecule has 0 spiro atoms. The van der Waals surface area contributed by atoms with Gasteiger partial charge in [-0.15, -0.1) is 0 Å². The van der Waals surface area contributed by atoms with Gasteiger partial charge in [0, 0.05) is 23.2 Å². The number of benzene rings is 1. The first-order valence-corrected chi connectivity index (χ1v) is 7.15. The quantitative estimate of drug-likeness (QED) is 0.658. The van der Waals surface area contributed by atoms with Gasteiger partial charge in [0.1, 0.15) is 11.5 Å². The Balaban J connectivity index is 2.41. The van der Waals surface area contributed by atoms with Gasteiger partial charge in [-0.3, -0.25) is 4.40 Å². The highest BCUT2D eigenvalue weighted by atomic mass is 15.1. The van der Waals surface area contributed by atoms with E-state index in [0.29, 0.717) is 5.92 Å². The van der Waals surface area contributed by atoms with Crippen molar-refractivity contribution in [3.8, 4) is 0 Å². The molecule has 1 aromatic carbocycles. The summed E-state index contributed by atoms with van der Waals surface area (Å²) in [6.07, 6.45) is 3.85. The molecule has 2 heterocycles. The summed E-state index contributed by atoms with van der Waals surface area (Å²) in [4.78, 5) is 9.43. The minimum absolute atomic E-state index is 0.0129. The monoisotopic (exact) mass is 267 g/mol. The predicted molar refractivity (Wildman–Crippen MR) is 83.3 cm³/mol. The van der Waals surface area contributed by atoms with Crippen LogP contribution in [0.2, 0.25) is 0 Å². The molecule has 0 radical (unpaired) electrons. The van der Waals surface area contributed by atoms with Gasteiger partial charge in [0.15, 0.2) is 0 Å². The summed E-state index contributed by atoms with van der Waals surface area (Å²) in [6.45, 7) is 11.0. The molecule has 104 valence electrons. The van der Waals surface area contributed by atoms with E-state index in [1.165, 1.54) is 5.56 Å². The molecule has 0 bridgehead atoms. The topological polar surface area (TPSA) is 30.2 Å². The number of aromatic nitrogens is 3. The molecule has 0 aliphatic rings. The summed E-state index contributed by atoms with van der Waals surface area (Å²) in [6, 6.07) is 6.52. The van der Waals surface area contributed by atoms with E-state index in [1.54, 1.807) is 0 Å².